The molecule has 0 atom stereocenters. The molecule has 0 saturated carbocycles. The van der Waals surface area contributed by atoms with Crippen LogP contribution in [0.1, 0.15) is 5.76 Å². The number of nitrogens with one attached hydrogen (secondary N) is 1. The topological polar surface area (TPSA) is 103 Å². The maximum absolute atomic E-state index is 5.34. The number of ether oxygens (including phenoxy) is 1. The van der Waals surface area contributed by atoms with Gasteiger partial charge in [-0.1, -0.05) is 5.16 Å². The molecule has 0 amide bonds. The van der Waals surface area contributed by atoms with E-state index in [0.29, 0.717) is 23.9 Å². The molecule has 0 unspecified atom stereocenters. The van der Waals surface area contributed by atoms with Crippen molar-refractivity contribution in [2.75, 3.05) is 12.8 Å². The molecule has 14 heavy (non-hydrogen) atoms. The van der Waals surface area contributed by atoms with Gasteiger partial charge in [-0.3, -0.25) is 5.10 Å². The lowest BCUT2D eigenvalue weighted by atomic mass is 10.3. The van der Waals surface area contributed by atoms with Gasteiger partial charge in [-0.05, 0) is 0 Å². The number of methoxy groups -OCH3 is 1. The summed E-state index contributed by atoms with van der Waals surface area (Å²) in [5.74, 6) is 1.28. The van der Waals surface area contributed by atoms with Gasteiger partial charge >= 0.3 is 0 Å². The van der Waals surface area contributed by atoms with Crippen LogP contribution in [-0.4, -0.2) is 27.4 Å². The van der Waals surface area contributed by atoms with Crippen LogP contribution in [0.4, 0.5) is 5.95 Å². The van der Waals surface area contributed by atoms with Crippen molar-refractivity contribution >= 4 is 5.95 Å². The number of H-pyrrole nitrogens is 1. The molecule has 2 aromatic rings. The number of nitrogens with zero attached hydrogens (tertiary/aromatic N) is 3. The Kier molecular flexibility index (Phi) is 2.15. The van der Waals surface area contributed by atoms with Gasteiger partial charge in [0, 0.05) is 13.2 Å². The second-order valence-corrected chi connectivity index (χ2v) is 2.65. The number of aromatic amines is 1. The third-order valence-corrected chi connectivity index (χ3v) is 1.59. The largest absolute Gasteiger partial charge is 0.377 e. The van der Waals surface area contributed by atoms with E-state index in [1.807, 2.05) is 0 Å². The first-order valence-corrected chi connectivity index (χ1v) is 3.92. The minimum atomic E-state index is 0.177. The quantitative estimate of drug-likeness (QED) is 0.724. The second-order valence-electron chi connectivity index (χ2n) is 2.65. The van der Waals surface area contributed by atoms with Gasteiger partial charge in [0.15, 0.2) is 17.3 Å². The van der Waals surface area contributed by atoms with E-state index in [-0.39, 0.29) is 5.95 Å². The lowest BCUT2D eigenvalue weighted by Crippen LogP contribution is -1.85. The molecule has 0 aliphatic carbocycles. The highest BCUT2D eigenvalue weighted by Crippen LogP contribution is 2.15. The predicted molar refractivity (Wildman–Crippen MR) is 47.0 cm³/mol. The number of rotatable bonds is 3. The average Bonchev–Trinajstić information content (AvgIpc) is 2.74. The van der Waals surface area contributed by atoms with E-state index in [2.05, 4.69) is 20.3 Å². The third kappa shape index (κ3) is 1.57. The van der Waals surface area contributed by atoms with Crippen LogP contribution in [0, 0.1) is 0 Å². The molecule has 0 fully saturated rings. The summed E-state index contributed by atoms with van der Waals surface area (Å²) < 4.78 is 9.84. The van der Waals surface area contributed by atoms with Gasteiger partial charge in [0.25, 0.3) is 0 Å². The molecule has 0 aliphatic heterocycles. The molecular weight excluding hydrogens is 186 g/mol. The van der Waals surface area contributed by atoms with E-state index in [9.17, 15) is 0 Å². The molecule has 2 rings (SSSR count). The van der Waals surface area contributed by atoms with E-state index in [1.165, 1.54) is 0 Å². The summed E-state index contributed by atoms with van der Waals surface area (Å²) in [6, 6.07) is 1.71. The molecule has 0 aromatic carbocycles. The van der Waals surface area contributed by atoms with Crippen molar-refractivity contribution in [3.8, 4) is 11.5 Å². The van der Waals surface area contributed by atoms with Gasteiger partial charge < -0.3 is 15.0 Å². The maximum atomic E-state index is 5.34. The standard InChI is InChI=1S/C7H9N5O2/c1-13-3-4-2-5(12-14-4)6-9-7(8)11-10-6/h2H,3H2,1H3,(H3,8,9,10,11). The van der Waals surface area contributed by atoms with Crippen LogP contribution in [0.15, 0.2) is 10.6 Å². The molecule has 0 aliphatic rings. The monoisotopic (exact) mass is 195 g/mol. The molecule has 0 saturated heterocycles. The molecule has 74 valence electrons. The summed E-state index contributed by atoms with van der Waals surface area (Å²) in [5.41, 5.74) is 5.90. The molecule has 7 heteroatoms. The average molecular weight is 195 g/mol. The predicted octanol–water partition coefficient (Wildman–Crippen LogP) is 0.188. The Balaban J connectivity index is 2.24. The van der Waals surface area contributed by atoms with Crippen LogP contribution in [0.25, 0.3) is 11.5 Å². The summed E-state index contributed by atoms with van der Waals surface area (Å²) >= 11 is 0. The molecular formula is C7H9N5O2. The van der Waals surface area contributed by atoms with E-state index in [1.54, 1.807) is 13.2 Å². The molecule has 0 spiro atoms. The van der Waals surface area contributed by atoms with Crippen LogP contribution in [0.3, 0.4) is 0 Å². The number of hydrogen-bond acceptors (Lipinski definition) is 6. The van der Waals surface area contributed by atoms with Gasteiger partial charge in [-0.15, -0.1) is 5.10 Å². The lowest BCUT2D eigenvalue weighted by molar-refractivity contribution is 0.156. The normalized spacial score (nSPS) is 10.6. The van der Waals surface area contributed by atoms with Gasteiger partial charge in [-0.25, -0.2) is 0 Å². The van der Waals surface area contributed by atoms with Crippen molar-refractivity contribution in [2.24, 2.45) is 0 Å². The molecule has 7 nitrogen and oxygen atoms in total. The van der Waals surface area contributed by atoms with Crippen molar-refractivity contribution in [3.05, 3.63) is 11.8 Å². The van der Waals surface area contributed by atoms with E-state index in [4.69, 9.17) is 15.0 Å². The van der Waals surface area contributed by atoms with Crippen molar-refractivity contribution in [2.45, 2.75) is 6.61 Å². The van der Waals surface area contributed by atoms with Crippen molar-refractivity contribution in [3.63, 3.8) is 0 Å². The Morgan fingerprint density at radius 1 is 1.64 bits per heavy atom. The fraction of sp³-hybridized carbons (Fsp3) is 0.286. The summed E-state index contributed by atoms with van der Waals surface area (Å²) in [4.78, 5) is 3.90. The van der Waals surface area contributed by atoms with Crippen LogP contribution < -0.4 is 5.73 Å². The van der Waals surface area contributed by atoms with Crippen LogP contribution in [-0.2, 0) is 11.3 Å². The van der Waals surface area contributed by atoms with Gasteiger partial charge in [0.05, 0.1) is 0 Å². The summed E-state index contributed by atoms with van der Waals surface area (Å²) in [7, 11) is 1.58. The van der Waals surface area contributed by atoms with E-state index < -0.39 is 0 Å². The van der Waals surface area contributed by atoms with Crippen molar-refractivity contribution in [1.29, 1.82) is 0 Å². The smallest absolute Gasteiger partial charge is 0.239 e. The van der Waals surface area contributed by atoms with E-state index in [0.717, 1.165) is 0 Å². The van der Waals surface area contributed by atoms with Gasteiger partial charge in [0.2, 0.25) is 5.95 Å². The summed E-state index contributed by atoms with van der Waals surface area (Å²) in [6.45, 7) is 0.372. The minimum absolute atomic E-state index is 0.177. The number of nitrogen functional groups attached to an aromatic ring is 1. The second kappa shape index (κ2) is 3.46. The highest BCUT2D eigenvalue weighted by molar-refractivity contribution is 5.49. The Morgan fingerprint density at radius 3 is 3.14 bits per heavy atom. The highest BCUT2D eigenvalue weighted by atomic mass is 16.5. The van der Waals surface area contributed by atoms with E-state index >= 15 is 0 Å². The van der Waals surface area contributed by atoms with Gasteiger partial charge in [-0.2, -0.15) is 4.98 Å². The lowest BCUT2D eigenvalue weighted by Gasteiger charge is -1.87. The Morgan fingerprint density at radius 2 is 2.50 bits per heavy atom. The van der Waals surface area contributed by atoms with Gasteiger partial charge in [0.1, 0.15) is 6.61 Å². The summed E-state index contributed by atoms with van der Waals surface area (Å²) in [6.07, 6.45) is 0. The summed E-state index contributed by atoms with van der Waals surface area (Å²) in [5, 5.41) is 10.1. The highest BCUT2D eigenvalue weighted by Gasteiger charge is 2.09. The van der Waals surface area contributed by atoms with Crippen LogP contribution in [0.2, 0.25) is 0 Å². The zero-order valence-corrected chi connectivity index (χ0v) is 7.52. The molecule has 0 bridgehead atoms. The van der Waals surface area contributed by atoms with Crippen molar-refractivity contribution < 1.29 is 9.26 Å². The Bertz CT molecular complexity index is 421. The molecule has 3 N–H and O–H groups in total. The fourth-order valence-electron chi connectivity index (χ4n) is 1.02. The SMILES string of the molecule is COCc1cc(-c2nc(N)n[nH]2)no1. The minimum Gasteiger partial charge on any atom is -0.377 e. The number of nitrogens with two attached hydrogens (primary N) is 1. The Labute approximate surface area is 79.3 Å². The Hall–Kier alpha value is -1.89. The first-order valence-electron chi connectivity index (χ1n) is 3.92. The van der Waals surface area contributed by atoms with Crippen LogP contribution >= 0.6 is 0 Å². The number of aromatic nitrogens is 4. The van der Waals surface area contributed by atoms with Crippen molar-refractivity contribution in [1.82, 2.24) is 20.3 Å². The maximum Gasteiger partial charge on any atom is 0.239 e. The molecule has 0 radical (unpaired) electrons. The first kappa shape index (κ1) is 8.70. The molecule has 2 aromatic heterocycles. The fourth-order valence-corrected chi connectivity index (χ4v) is 1.02. The zero-order chi connectivity index (χ0) is 9.97. The van der Waals surface area contributed by atoms with Crippen LogP contribution in [0.5, 0.6) is 0 Å². The number of anilines is 1. The zero-order valence-electron chi connectivity index (χ0n) is 7.52. The third-order valence-electron chi connectivity index (χ3n) is 1.59. The molecule has 2 heterocycles. The number of hydrogen-bond donors (Lipinski definition) is 2. The first-order chi connectivity index (χ1) is 6.79.